The van der Waals surface area contributed by atoms with Gasteiger partial charge in [0, 0.05) is 11.1 Å². The van der Waals surface area contributed by atoms with Gasteiger partial charge in [0.05, 0.1) is 6.26 Å². The van der Waals surface area contributed by atoms with Crippen LogP contribution in [0.25, 0.3) is 0 Å². The molecule has 1 aromatic rings. The van der Waals surface area contributed by atoms with Gasteiger partial charge >= 0.3 is 11.8 Å². The van der Waals surface area contributed by atoms with Gasteiger partial charge in [0.1, 0.15) is 0 Å². The van der Waals surface area contributed by atoms with Gasteiger partial charge in [0.2, 0.25) is 0 Å². The van der Waals surface area contributed by atoms with Crippen LogP contribution in [0.3, 0.4) is 0 Å². The Bertz CT molecular complexity index is 441. The molecule has 0 N–H and O–H groups in total. The molecule has 1 aliphatic heterocycles. The van der Waals surface area contributed by atoms with E-state index in [0.29, 0.717) is 11.3 Å². The molecule has 1 aliphatic rings. The predicted octanol–water partition coefficient (Wildman–Crippen LogP) is 4.20. The molecule has 0 aromatic heterocycles. The standard InChI is InChI=1S/C11H7ClF4O/c12-8-3-1-7(2-4-8)9-11(15,16)10(13,14)5-6-17-9/h1-6,9H. The number of allylic oxidation sites excluding steroid dienone is 1. The fourth-order valence-electron chi connectivity index (χ4n) is 1.50. The molecule has 1 heterocycles. The highest BCUT2D eigenvalue weighted by atomic mass is 35.5. The van der Waals surface area contributed by atoms with Gasteiger partial charge in [-0.3, -0.25) is 0 Å². The van der Waals surface area contributed by atoms with Crippen molar-refractivity contribution in [3.63, 3.8) is 0 Å². The second kappa shape index (κ2) is 3.91. The van der Waals surface area contributed by atoms with Crippen LogP contribution in [-0.2, 0) is 4.74 Å². The maximum Gasteiger partial charge on any atom is 0.353 e. The van der Waals surface area contributed by atoms with Crippen LogP contribution in [0.5, 0.6) is 0 Å². The Hall–Kier alpha value is -1.23. The fourth-order valence-corrected chi connectivity index (χ4v) is 1.63. The average molecular weight is 267 g/mol. The van der Waals surface area contributed by atoms with Gasteiger partial charge in [0.25, 0.3) is 0 Å². The first kappa shape index (κ1) is 12.2. The lowest BCUT2D eigenvalue weighted by Gasteiger charge is -2.34. The van der Waals surface area contributed by atoms with Crippen molar-refractivity contribution in [3.8, 4) is 0 Å². The Balaban J connectivity index is 2.40. The van der Waals surface area contributed by atoms with Crippen LogP contribution in [-0.4, -0.2) is 11.8 Å². The molecule has 6 heteroatoms. The molecule has 0 saturated carbocycles. The third kappa shape index (κ3) is 1.99. The van der Waals surface area contributed by atoms with Crippen LogP contribution >= 0.6 is 11.6 Å². The monoisotopic (exact) mass is 266 g/mol. The topological polar surface area (TPSA) is 9.23 Å². The highest BCUT2D eigenvalue weighted by Crippen LogP contribution is 2.48. The van der Waals surface area contributed by atoms with Crippen molar-refractivity contribution >= 4 is 11.6 Å². The molecule has 1 aromatic carbocycles. The second-order valence-electron chi connectivity index (χ2n) is 3.62. The van der Waals surface area contributed by atoms with Gasteiger partial charge in [-0.15, -0.1) is 0 Å². The zero-order valence-electron chi connectivity index (χ0n) is 8.34. The maximum atomic E-state index is 13.5. The minimum Gasteiger partial charge on any atom is -0.487 e. The van der Waals surface area contributed by atoms with Gasteiger partial charge in [-0.2, -0.15) is 17.6 Å². The van der Waals surface area contributed by atoms with E-state index in [2.05, 4.69) is 4.74 Å². The van der Waals surface area contributed by atoms with Crippen molar-refractivity contribution in [1.29, 1.82) is 0 Å². The molecule has 1 nitrogen and oxygen atoms in total. The maximum absolute atomic E-state index is 13.5. The van der Waals surface area contributed by atoms with Crippen LogP contribution in [0.2, 0.25) is 5.02 Å². The summed E-state index contributed by atoms with van der Waals surface area (Å²) in [6.07, 6.45) is -1.37. The summed E-state index contributed by atoms with van der Waals surface area (Å²) in [5, 5.41) is 0.329. The smallest absolute Gasteiger partial charge is 0.353 e. The summed E-state index contributed by atoms with van der Waals surface area (Å²) in [4.78, 5) is 0. The van der Waals surface area contributed by atoms with Crippen molar-refractivity contribution in [2.24, 2.45) is 0 Å². The van der Waals surface area contributed by atoms with Crippen LogP contribution in [0.1, 0.15) is 11.7 Å². The first-order chi connectivity index (χ1) is 7.84. The Morgan fingerprint density at radius 3 is 2.24 bits per heavy atom. The summed E-state index contributed by atoms with van der Waals surface area (Å²) in [5.74, 6) is -8.52. The van der Waals surface area contributed by atoms with Gasteiger partial charge in [-0.05, 0) is 17.7 Å². The summed E-state index contributed by atoms with van der Waals surface area (Å²) >= 11 is 5.59. The molecule has 0 amide bonds. The summed E-state index contributed by atoms with van der Waals surface area (Å²) in [6, 6.07) is 5.14. The molecule has 1 unspecified atom stereocenters. The van der Waals surface area contributed by atoms with Gasteiger partial charge < -0.3 is 4.74 Å². The van der Waals surface area contributed by atoms with Crippen LogP contribution in [0, 0.1) is 0 Å². The Labute approximate surface area is 99.6 Å². The molecule has 0 fully saturated rings. The highest BCUT2D eigenvalue weighted by Gasteiger charge is 2.63. The van der Waals surface area contributed by atoms with Crippen LogP contribution < -0.4 is 0 Å². The van der Waals surface area contributed by atoms with Crippen molar-refractivity contribution in [2.45, 2.75) is 17.9 Å². The molecular formula is C11H7ClF4O. The molecule has 0 spiro atoms. The minimum atomic E-state index is -4.30. The second-order valence-corrected chi connectivity index (χ2v) is 4.05. The summed E-state index contributed by atoms with van der Waals surface area (Å²) in [5.41, 5.74) is -0.0524. The molecular weight excluding hydrogens is 260 g/mol. The fraction of sp³-hybridized carbons (Fsp3) is 0.273. The van der Waals surface area contributed by atoms with E-state index in [4.69, 9.17) is 11.6 Å². The lowest BCUT2D eigenvalue weighted by atomic mass is 9.97. The van der Waals surface area contributed by atoms with E-state index in [1.54, 1.807) is 0 Å². The number of alkyl halides is 4. The van der Waals surface area contributed by atoms with E-state index in [1.165, 1.54) is 24.3 Å². The molecule has 1 atom stereocenters. The van der Waals surface area contributed by atoms with Gasteiger partial charge in [-0.1, -0.05) is 23.7 Å². The third-order valence-corrected chi connectivity index (χ3v) is 2.69. The quantitative estimate of drug-likeness (QED) is 0.693. The average Bonchev–Trinajstić information content (AvgIpc) is 2.24. The molecule has 0 aliphatic carbocycles. The van der Waals surface area contributed by atoms with Crippen LogP contribution in [0.15, 0.2) is 36.6 Å². The molecule has 92 valence electrons. The number of benzene rings is 1. The Morgan fingerprint density at radius 2 is 1.65 bits per heavy atom. The molecule has 17 heavy (non-hydrogen) atoms. The molecule has 0 saturated heterocycles. The molecule has 2 rings (SSSR count). The highest BCUT2D eigenvalue weighted by molar-refractivity contribution is 6.30. The SMILES string of the molecule is FC1(F)C=COC(c2ccc(Cl)cc2)C1(F)F. The van der Waals surface area contributed by atoms with Crippen molar-refractivity contribution in [1.82, 2.24) is 0 Å². The van der Waals surface area contributed by atoms with Gasteiger partial charge in [-0.25, -0.2) is 0 Å². The zero-order chi connectivity index (χ0) is 12.7. The lowest BCUT2D eigenvalue weighted by molar-refractivity contribution is -0.246. The van der Waals surface area contributed by atoms with Crippen molar-refractivity contribution in [2.75, 3.05) is 0 Å². The van der Waals surface area contributed by atoms with Crippen molar-refractivity contribution < 1.29 is 22.3 Å². The first-order valence-electron chi connectivity index (χ1n) is 4.69. The van der Waals surface area contributed by atoms with Crippen LogP contribution in [0.4, 0.5) is 17.6 Å². The Morgan fingerprint density at radius 1 is 1.06 bits per heavy atom. The number of ether oxygens (including phenoxy) is 1. The van der Waals surface area contributed by atoms with E-state index in [1.807, 2.05) is 0 Å². The van der Waals surface area contributed by atoms with Gasteiger partial charge in [0.15, 0.2) is 6.10 Å². The zero-order valence-corrected chi connectivity index (χ0v) is 9.10. The predicted molar refractivity (Wildman–Crippen MR) is 54.3 cm³/mol. The number of rotatable bonds is 1. The molecule has 0 radical (unpaired) electrons. The largest absolute Gasteiger partial charge is 0.487 e. The third-order valence-electron chi connectivity index (χ3n) is 2.44. The van der Waals surface area contributed by atoms with E-state index in [0.717, 1.165) is 0 Å². The Kier molecular flexibility index (Phi) is 2.81. The lowest BCUT2D eigenvalue weighted by Crippen LogP contribution is -2.46. The van der Waals surface area contributed by atoms with E-state index in [9.17, 15) is 17.6 Å². The normalized spacial score (nSPS) is 25.4. The summed E-state index contributed by atoms with van der Waals surface area (Å²) < 4.78 is 57.7. The first-order valence-corrected chi connectivity index (χ1v) is 5.07. The van der Waals surface area contributed by atoms with Crippen molar-refractivity contribution in [3.05, 3.63) is 47.2 Å². The van der Waals surface area contributed by atoms with E-state index in [-0.39, 0.29) is 11.6 Å². The molecule has 0 bridgehead atoms. The van der Waals surface area contributed by atoms with E-state index >= 15 is 0 Å². The summed E-state index contributed by atoms with van der Waals surface area (Å²) in [7, 11) is 0. The minimum absolute atomic E-state index is 0.0524. The number of hydrogen-bond acceptors (Lipinski definition) is 1. The number of halogens is 5. The number of hydrogen-bond donors (Lipinski definition) is 0. The summed E-state index contributed by atoms with van der Waals surface area (Å²) in [6.45, 7) is 0. The van der Waals surface area contributed by atoms with E-state index < -0.39 is 17.9 Å².